The highest BCUT2D eigenvalue weighted by Crippen LogP contribution is 2.36. The second kappa shape index (κ2) is 6.97. The Balaban J connectivity index is 2.21. The Morgan fingerprint density at radius 2 is 1.55 bits per heavy atom. The standard InChI is InChI=1S/C12H19F2O8/c13-1-3-6(16)8(18)10(20)12(21-3)11-9(19)7(17)5(14)4(2-15)22-11/h3-11,15-20H,1-2H2/t3-,4-,5+,6-,7+,8+,9-,10-,11-/m1/s1. The van der Waals surface area contributed by atoms with E-state index in [1.165, 1.54) is 0 Å². The van der Waals surface area contributed by atoms with Crippen LogP contribution in [0.2, 0.25) is 0 Å². The number of rotatable bonds is 3. The van der Waals surface area contributed by atoms with E-state index in [0.717, 1.165) is 0 Å². The molecule has 0 aromatic carbocycles. The molecule has 2 fully saturated rings. The van der Waals surface area contributed by atoms with Crippen molar-refractivity contribution < 1.29 is 48.9 Å². The van der Waals surface area contributed by atoms with E-state index in [-0.39, 0.29) is 0 Å². The van der Waals surface area contributed by atoms with Gasteiger partial charge in [-0.15, -0.1) is 0 Å². The fraction of sp³-hybridized carbons (Fsp3) is 0.917. The van der Waals surface area contributed by atoms with Crippen molar-refractivity contribution in [3.05, 3.63) is 6.10 Å². The topological polar surface area (TPSA) is 140 Å². The van der Waals surface area contributed by atoms with Gasteiger partial charge in [0, 0.05) is 0 Å². The molecule has 2 aliphatic rings. The monoisotopic (exact) mass is 329 g/mol. The van der Waals surface area contributed by atoms with Crippen LogP contribution in [0.3, 0.4) is 0 Å². The first-order valence-corrected chi connectivity index (χ1v) is 6.73. The van der Waals surface area contributed by atoms with Gasteiger partial charge in [-0.3, -0.25) is 0 Å². The van der Waals surface area contributed by atoms with E-state index in [9.17, 15) is 34.3 Å². The molecule has 2 heterocycles. The first-order valence-electron chi connectivity index (χ1n) is 6.73. The van der Waals surface area contributed by atoms with Gasteiger partial charge in [0.15, 0.2) is 12.3 Å². The van der Waals surface area contributed by atoms with Crippen molar-refractivity contribution in [2.24, 2.45) is 0 Å². The van der Waals surface area contributed by atoms with Crippen LogP contribution in [0.15, 0.2) is 0 Å². The summed E-state index contributed by atoms with van der Waals surface area (Å²) in [6.45, 7) is -2.02. The second-order valence-electron chi connectivity index (χ2n) is 5.34. The lowest BCUT2D eigenvalue weighted by Crippen LogP contribution is -2.64. The summed E-state index contributed by atoms with van der Waals surface area (Å²) < 4.78 is 36.5. The highest BCUT2D eigenvalue weighted by Gasteiger charge is 2.55. The van der Waals surface area contributed by atoms with Crippen molar-refractivity contribution in [3.63, 3.8) is 0 Å². The average molecular weight is 329 g/mol. The summed E-state index contributed by atoms with van der Waals surface area (Å²) in [7, 11) is 0. The first kappa shape index (κ1) is 17.9. The van der Waals surface area contributed by atoms with Crippen molar-refractivity contribution >= 4 is 0 Å². The third-order valence-electron chi connectivity index (χ3n) is 3.91. The third kappa shape index (κ3) is 2.97. The molecule has 0 aromatic heterocycles. The maximum Gasteiger partial charge on any atom is 0.160 e. The maximum absolute atomic E-state index is 13.7. The second-order valence-corrected chi connectivity index (χ2v) is 5.34. The molecule has 129 valence electrons. The Morgan fingerprint density at radius 1 is 0.909 bits per heavy atom. The minimum atomic E-state index is -2.08. The van der Waals surface area contributed by atoms with Crippen molar-refractivity contribution in [2.45, 2.75) is 55.0 Å². The Morgan fingerprint density at radius 3 is 2.09 bits per heavy atom. The predicted octanol–water partition coefficient (Wildman–Crippen LogP) is -3.21. The molecule has 0 saturated carbocycles. The van der Waals surface area contributed by atoms with Crippen LogP contribution in [0.1, 0.15) is 0 Å². The molecule has 10 heteroatoms. The van der Waals surface area contributed by atoms with E-state index in [2.05, 4.69) is 0 Å². The van der Waals surface area contributed by atoms with E-state index in [0.29, 0.717) is 0 Å². The molecule has 0 aliphatic carbocycles. The number of ether oxygens (including phenoxy) is 2. The van der Waals surface area contributed by atoms with Crippen LogP contribution in [-0.2, 0) is 9.47 Å². The molecule has 2 rings (SSSR count). The van der Waals surface area contributed by atoms with Crippen molar-refractivity contribution in [2.75, 3.05) is 13.3 Å². The zero-order valence-corrected chi connectivity index (χ0v) is 11.4. The lowest BCUT2D eigenvalue weighted by Gasteiger charge is -2.47. The van der Waals surface area contributed by atoms with E-state index < -0.39 is 74.4 Å². The summed E-state index contributed by atoms with van der Waals surface area (Å²) in [4.78, 5) is 0. The summed E-state index contributed by atoms with van der Waals surface area (Å²) in [5.74, 6) is 0. The Labute approximate surface area is 124 Å². The smallest absolute Gasteiger partial charge is 0.160 e. The number of alkyl halides is 2. The summed E-state index contributed by atoms with van der Waals surface area (Å²) >= 11 is 0. The quantitative estimate of drug-likeness (QED) is 0.318. The molecule has 0 unspecified atom stereocenters. The summed E-state index contributed by atoms with van der Waals surface area (Å²) in [6.07, 6.45) is -16.4. The van der Waals surface area contributed by atoms with E-state index >= 15 is 0 Å². The van der Waals surface area contributed by atoms with Gasteiger partial charge in [-0.1, -0.05) is 0 Å². The van der Waals surface area contributed by atoms with Gasteiger partial charge >= 0.3 is 0 Å². The third-order valence-corrected chi connectivity index (χ3v) is 3.91. The molecule has 2 saturated heterocycles. The molecule has 6 N–H and O–H groups in total. The van der Waals surface area contributed by atoms with Gasteiger partial charge in [0.2, 0.25) is 0 Å². The predicted molar refractivity (Wildman–Crippen MR) is 64.8 cm³/mol. The molecule has 8 nitrogen and oxygen atoms in total. The SMILES string of the molecule is OC[C@H]1O[C@@H]([C]2O[C@H](CF)[C@@H](O)[C@H](O)[C@H]2O)[C@H](O)[C@@H](O)[C@H]1F. The zero-order chi connectivity index (χ0) is 16.6. The molecule has 1 radical (unpaired) electrons. The van der Waals surface area contributed by atoms with Gasteiger partial charge in [-0.25, -0.2) is 8.78 Å². The van der Waals surface area contributed by atoms with Gasteiger partial charge < -0.3 is 40.1 Å². The molecule has 0 aromatic rings. The van der Waals surface area contributed by atoms with Crippen LogP contribution in [-0.4, -0.2) is 98.9 Å². The molecular weight excluding hydrogens is 310 g/mol. The van der Waals surface area contributed by atoms with Crippen LogP contribution in [0, 0.1) is 6.10 Å². The average Bonchev–Trinajstić information content (AvgIpc) is 2.52. The fourth-order valence-electron chi connectivity index (χ4n) is 2.56. The van der Waals surface area contributed by atoms with Gasteiger partial charge in [-0.05, 0) is 0 Å². The largest absolute Gasteiger partial charge is 0.394 e. The fourth-order valence-corrected chi connectivity index (χ4v) is 2.56. The van der Waals surface area contributed by atoms with E-state index in [1.54, 1.807) is 0 Å². The molecule has 9 atom stereocenters. The van der Waals surface area contributed by atoms with Gasteiger partial charge in [0.25, 0.3) is 0 Å². The molecule has 0 amide bonds. The maximum atomic E-state index is 13.7. The molecule has 0 spiro atoms. The Kier molecular flexibility index (Phi) is 5.67. The van der Waals surface area contributed by atoms with Crippen LogP contribution in [0.4, 0.5) is 8.78 Å². The van der Waals surface area contributed by atoms with Crippen LogP contribution in [0.5, 0.6) is 0 Å². The van der Waals surface area contributed by atoms with E-state index in [4.69, 9.17) is 14.6 Å². The summed E-state index contributed by atoms with van der Waals surface area (Å²) in [6, 6.07) is 0. The van der Waals surface area contributed by atoms with Crippen LogP contribution in [0.25, 0.3) is 0 Å². The summed E-state index contributed by atoms with van der Waals surface area (Å²) in [5.41, 5.74) is 0. The van der Waals surface area contributed by atoms with Crippen LogP contribution < -0.4 is 0 Å². The number of aliphatic hydroxyl groups excluding tert-OH is 6. The van der Waals surface area contributed by atoms with E-state index in [1.807, 2.05) is 0 Å². The molecule has 2 aliphatic heterocycles. The summed E-state index contributed by atoms with van der Waals surface area (Å²) in [5, 5.41) is 57.6. The normalized spacial score (nSPS) is 51.0. The lowest BCUT2D eigenvalue weighted by molar-refractivity contribution is -0.258. The lowest BCUT2D eigenvalue weighted by atomic mass is 9.86. The Hall–Kier alpha value is -0.460. The highest BCUT2D eigenvalue weighted by molar-refractivity contribution is 5.11. The minimum absolute atomic E-state index is 0.544. The van der Waals surface area contributed by atoms with Gasteiger partial charge in [0.1, 0.15) is 55.5 Å². The number of aliphatic hydroxyl groups is 6. The number of hydrogen-bond acceptors (Lipinski definition) is 8. The zero-order valence-electron chi connectivity index (χ0n) is 11.4. The first-order chi connectivity index (χ1) is 10.3. The molecular formula is C12H19F2O8. The molecule has 0 bridgehead atoms. The van der Waals surface area contributed by atoms with Gasteiger partial charge in [-0.2, -0.15) is 0 Å². The van der Waals surface area contributed by atoms with Gasteiger partial charge in [0.05, 0.1) is 6.61 Å². The minimum Gasteiger partial charge on any atom is -0.394 e. The van der Waals surface area contributed by atoms with Crippen molar-refractivity contribution in [1.29, 1.82) is 0 Å². The highest BCUT2D eigenvalue weighted by atomic mass is 19.1. The van der Waals surface area contributed by atoms with Crippen molar-refractivity contribution in [3.8, 4) is 0 Å². The molecule has 22 heavy (non-hydrogen) atoms. The number of halogens is 2. The van der Waals surface area contributed by atoms with Crippen molar-refractivity contribution in [1.82, 2.24) is 0 Å². The Bertz CT molecular complexity index is 337. The van der Waals surface area contributed by atoms with Crippen LogP contribution >= 0.6 is 0 Å². The number of hydrogen-bond donors (Lipinski definition) is 6.